The van der Waals surface area contributed by atoms with Gasteiger partial charge in [0.15, 0.2) is 0 Å². The Kier molecular flexibility index (Phi) is 6.68. The summed E-state index contributed by atoms with van der Waals surface area (Å²) in [6.45, 7) is 2.76. The first kappa shape index (κ1) is 26.0. The molecule has 1 aliphatic carbocycles. The van der Waals surface area contributed by atoms with Crippen molar-refractivity contribution in [1.29, 1.82) is 5.26 Å². The third kappa shape index (κ3) is 4.83. The molecule has 39 heavy (non-hydrogen) atoms. The van der Waals surface area contributed by atoms with Crippen LogP contribution in [-0.4, -0.2) is 28.3 Å². The summed E-state index contributed by atoms with van der Waals surface area (Å²) in [5, 5.41) is 26.0. The Morgan fingerprint density at radius 2 is 1.87 bits per heavy atom. The van der Waals surface area contributed by atoms with Crippen LogP contribution in [0.15, 0.2) is 53.2 Å². The second-order valence-corrected chi connectivity index (χ2v) is 11.3. The number of aromatic nitrogens is 2. The molecule has 4 aromatic rings. The first-order valence-corrected chi connectivity index (χ1v) is 13.6. The molecule has 0 unspecified atom stereocenters. The summed E-state index contributed by atoms with van der Waals surface area (Å²) in [5.41, 5.74) is 2.88. The number of nitrogens with zero attached hydrogens (tertiary/aromatic N) is 4. The highest BCUT2D eigenvalue weighted by Gasteiger charge is 2.45. The van der Waals surface area contributed by atoms with E-state index in [2.05, 4.69) is 16.2 Å². The molecule has 2 aromatic heterocycles. The molecular weight excluding hydrogens is 559 g/mol. The van der Waals surface area contributed by atoms with Crippen molar-refractivity contribution >= 4 is 40.6 Å². The van der Waals surface area contributed by atoms with Crippen molar-refractivity contribution in [3.8, 4) is 23.1 Å². The molecule has 198 valence electrons. The van der Waals surface area contributed by atoms with Gasteiger partial charge in [-0.2, -0.15) is 5.26 Å². The molecule has 7 nitrogen and oxygen atoms in total. The average molecular weight is 582 g/mol. The van der Waals surface area contributed by atoms with Crippen molar-refractivity contribution in [2.24, 2.45) is 0 Å². The molecule has 1 saturated heterocycles. The third-order valence-corrected chi connectivity index (χ3v) is 8.12. The molecule has 0 bridgehead atoms. The Hall–Kier alpha value is -3.28. The summed E-state index contributed by atoms with van der Waals surface area (Å²) < 4.78 is 11.9. The molecule has 0 atom stereocenters. The fourth-order valence-electron chi connectivity index (χ4n) is 5.03. The number of nitriles is 1. The van der Waals surface area contributed by atoms with Crippen molar-refractivity contribution in [3.05, 3.63) is 91.7 Å². The number of pyridine rings is 1. The minimum atomic E-state index is -1.13. The van der Waals surface area contributed by atoms with E-state index < -0.39 is 5.60 Å². The van der Waals surface area contributed by atoms with Crippen LogP contribution >= 0.6 is 34.8 Å². The van der Waals surface area contributed by atoms with Crippen LogP contribution in [0.4, 0.5) is 5.82 Å². The van der Waals surface area contributed by atoms with Crippen molar-refractivity contribution in [3.63, 3.8) is 0 Å². The van der Waals surface area contributed by atoms with Crippen LogP contribution in [0, 0.1) is 18.3 Å². The van der Waals surface area contributed by atoms with Crippen molar-refractivity contribution < 1.29 is 14.4 Å². The lowest BCUT2D eigenvalue weighted by molar-refractivity contribution is 0.00705. The molecule has 10 heteroatoms. The van der Waals surface area contributed by atoms with Gasteiger partial charge >= 0.3 is 0 Å². The van der Waals surface area contributed by atoms with E-state index in [0.717, 1.165) is 35.5 Å². The number of hydrogen-bond donors (Lipinski definition) is 1. The fraction of sp³-hybridized carbons (Fsp3) is 0.276. The normalized spacial score (nSPS) is 16.1. The summed E-state index contributed by atoms with van der Waals surface area (Å²) in [6, 6.07) is 14.5. The number of aryl methyl sites for hydroxylation is 1. The van der Waals surface area contributed by atoms with Crippen LogP contribution in [0.5, 0.6) is 5.75 Å². The van der Waals surface area contributed by atoms with Crippen LogP contribution in [0.25, 0.3) is 11.3 Å². The van der Waals surface area contributed by atoms with Crippen molar-refractivity contribution in [2.45, 2.75) is 37.9 Å². The zero-order valence-electron chi connectivity index (χ0n) is 20.9. The standard InChI is InChI=1S/C29H23Cl3N4O3/c1-16-9-17(11-33)12-34-28(16)36-14-29(37,15-36)21-8-7-19(10-24(21)32)38-13-20-26(35-39-27(20)18-5-6-18)25-22(30)3-2-4-23(25)31/h2-4,7-10,12,18,37H,5-6,13-15H2,1H3. The van der Waals surface area contributed by atoms with E-state index in [9.17, 15) is 5.11 Å². The van der Waals surface area contributed by atoms with E-state index in [1.165, 1.54) is 6.20 Å². The summed E-state index contributed by atoms with van der Waals surface area (Å²) in [7, 11) is 0. The molecule has 6 rings (SSSR count). The molecule has 2 aromatic carbocycles. The zero-order valence-corrected chi connectivity index (χ0v) is 23.2. The van der Waals surface area contributed by atoms with E-state index in [0.29, 0.717) is 62.2 Å². The predicted molar refractivity (Wildman–Crippen MR) is 150 cm³/mol. The number of aliphatic hydroxyl groups is 1. The summed E-state index contributed by atoms with van der Waals surface area (Å²) in [4.78, 5) is 6.35. The van der Waals surface area contributed by atoms with E-state index in [4.69, 9.17) is 49.3 Å². The largest absolute Gasteiger partial charge is 0.489 e. The maximum absolute atomic E-state index is 11.3. The lowest BCUT2D eigenvalue weighted by Crippen LogP contribution is -2.60. The van der Waals surface area contributed by atoms with E-state index in [1.807, 2.05) is 11.8 Å². The van der Waals surface area contributed by atoms with Crippen LogP contribution in [-0.2, 0) is 12.2 Å². The number of halogens is 3. The number of hydrogen-bond acceptors (Lipinski definition) is 7. The number of benzene rings is 2. The number of ether oxygens (including phenoxy) is 1. The number of rotatable bonds is 7. The topological polar surface area (TPSA) is 95.4 Å². The SMILES string of the molecule is Cc1cc(C#N)cnc1N1CC(O)(c2ccc(OCc3c(-c4c(Cl)cccc4Cl)noc3C3CC3)cc2Cl)C1. The molecule has 1 N–H and O–H groups in total. The van der Waals surface area contributed by atoms with Gasteiger partial charge in [-0.3, -0.25) is 0 Å². The third-order valence-electron chi connectivity index (χ3n) is 7.18. The van der Waals surface area contributed by atoms with Crippen molar-refractivity contribution in [2.75, 3.05) is 18.0 Å². The van der Waals surface area contributed by atoms with Gasteiger partial charge in [-0.05, 0) is 55.7 Å². The molecule has 1 aliphatic heterocycles. The average Bonchev–Trinajstić information content (AvgIpc) is 3.66. The fourth-order valence-corrected chi connectivity index (χ4v) is 5.95. The van der Waals surface area contributed by atoms with Gasteiger partial charge in [-0.15, -0.1) is 0 Å². The molecule has 3 heterocycles. The molecular formula is C29H23Cl3N4O3. The van der Waals surface area contributed by atoms with Gasteiger partial charge in [-0.25, -0.2) is 4.98 Å². The summed E-state index contributed by atoms with van der Waals surface area (Å²) in [6.07, 6.45) is 3.60. The maximum atomic E-state index is 11.3. The second-order valence-electron chi connectivity index (χ2n) is 10.0. The zero-order chi connectivity index (χ0) is 27.3. The Balaban J connectivity index is 1.19. The lowest BCUT2D eigenvalue weighted by atomic mass is 9.85. The number of anilines is 1. The highest BCUT2D eigenvalue weighted by Crippen LogP contribution is 2.46. The highest BCUT2D eigenvalue weighted by atomic mass is 35.5. The Morgan fingerprint density at radius 1 is 1.13 bits per heavy atom. The first-order valence-electron chi connectivity index (χ1n) is 12.5. The van der Waals surface area contributed by atoms with Gasteiger partial charge in [0.2, 0.25) is 0 Å². The van der Waals surface area contributed by atoms with E-state index >= 15 is 0 Å². The summed E-state index contributed by atoms with van der Waals surface area (Å²) >= 11 is 19.6. The smallest absolute Gasteiger partial charge is 0.147 e. The lowest BCUT2D eigenvalue weighted by Gasteiger charge is -2.48. The first-order chi connectivity index (χ1) is 18.8. The Bertz CT molecular complexity index is 1600. The van der Waals surface area contributed by atoms with E-state index in [-0.39, 0.29) is 6.61 Å². The van der Waals surface area contributed by atoms with Crippen LogP contribution in [0.3, 0.4) is 0 Å². The molecule has 2 fully saturated rings. The van der Waals surface area contributed by atoms with Crippen LogP contribution in [0.1, 0.15) is 46.8 Å². The Morgan fingerprint density at radius 3 is 2.51 bits per heavy atom. The van der Waals surface area contributed by atoms with Gasteiger partial charge in [-0.1, -0.05) is 52.1 Å². The minimum Gasteiger partial charge on any atom is -0.489 e. The maximum Gasteiger partial charge on any atom is 0.147 e. The highest BCUT2D eigenvalue weighted by molar-refractivity contribution is 6.39. The summed E-state index contributed by atoms with van der Waals surface area (Å²) in [5.74, 6) is 2.39. The molecule has 0 spiro atoms. The molecule has 2 aliphatic rings. The van der Waals surface area contributed by atoms with Gasteiger partial charge in [0.05, 0.1) is 39.3 Å². The van der Waals surface area contributed by atoms with Gasteiger partial charge < -0.3 is 19.3 Å². The quantitative estimate of drug-likeness (QED) is 0.250. The Labute approximate surface area is 240 Å². The monoisotopic (exact) mass is 580 g/mol. The van der Waals surface area contributed by atoms with Gasteiger partial charge in [0, 0.05) is 23.2 Å². The van der Waals surface area contributed by atoms with Crippen LogP contribution < -0.4 is 9.64 Å². The minimum absolute atomic E-state index is 0.198. The molecule has 1 saturated carbocycles. The van der Waals surface area contributed by atoms with Crippen LogP contribution in [0.2, 0.25) is 15.1 Å². The van der Waals surface area contributed by atoms with Gasteiger partial charge in [0.25, 0.3) is 0 Å². The number of β-amino-alcohol motifs (C(OH)–C–C–N with tert-alkyl or cyclic N) is 1. The van der Waals surface area contributed by atoms with Gasteiger partial charge in [0.1, 0.15) is 41.3 Å². The van der Waals surface area contributed by atoms with E-state index in [1.54, 1.807) is 42.5 Å². The molecule has 0 radical (unpaired) electrons. The predicted octanol–water partition coefficient (Wildman–Crippen LogP) is 7.04. The second kappa shape index (κ2) is 10.0. The molecule has 0 amide bonds. The van der Waals surface area contributed by atoms with Crippen molar-refractivity contribution in [1.82, 2.24) is 10.1 Å².